The molecule has 134 valence electrons. The highest BCUT2D eigenvalue weighted by atomic mass is 19.1. The molecule has 1 atom stereocenters. The zero-order valence-electron chi connectivity index (χ0n) is 14.6. The normalized spacial score (nSPS) is 11.8. The molecular weight excluding hydrogens is 331 g/mol. The number of hydrogen-bond donors (Lipinski definition) is 1. The van der Waals surface area contributed by atoms with Crippen LogP contribution in [0.15, 0.2) is 73.1 Å². The molecule has 0 aliphatic carbocycles. The Hall–Kier alpha value is -3.08. The number of nitrogens with zero attached hydrogens (tertiary/aromatic N) is 1. The predicted octanol–water partition coefficient (Wildman–Crippen LogP) is 4.64. The van der Waals surface area contributed by atoms with E-state index in [1.54, 1.807) is 12.1 Å². The average molecular weight is 352 g/mol. The molecule has 1 N–H and O–H groups in total. The van der Waals surface area contributed by atoms with Gasteiger partial charge >= 0.3 is 0 Å². The van der Waals surface area contributed by atoms with Gasteiger partial charge in [0, 0.05) is 12.4 Å². The van der Waals surface area contributed by atoms with E-state index in [-0.39, 0.29) is 24.2 Å². The molecule has 26 heavy (non-hydrogen) atoms. The van der Waals surface area contributed by atoms with Crippen molar-refractivity contribution in [2.24, 2.45) is 0 Å². The molecule has 0 spiro atoms. The maximum atomic E-state index is 13.7. The molecule has 4 nitrogen and oxygen atoms in total. The molecular formula is C21H21FN2O2. The summed E-state index contributed by atoms with van der Waals surface area (Å²) in [6, 6.07) is 17.1. The molecule has 1 heterocycles. The van der Waals surface area contributed by atoms with Crippen LogP contribution in [0.2, 0.25) is 0 Å². The van der Waals surface area contributed by atoms with Gasteiger partial charge < -0.3 is 14.6 Å². The van der Waals surface area contributed by atoms with E-state index in [0.29, 0.717) is 18.0 Å². The fourth-order valence-electron chi connectivity index (χ4n) is 2.89. The Balaban J connectivity index is 1.80. The maximum absolute atomic E-state index is 13.7. The molecule has 3 rings (SSSR count). The lowest BCUT2D eigenvalue weighted by molar-refractivity contribution is -0.116. The number of benzene rings is 2. The summed E-state index contributed by atoms with van der Waals surface area (Å²) in [7, 11) is 0. The summed E-state index contributed by atoms with van der Waals surface area (Å²) in [4.78, 5) is 12.7. The van der Waals surface area contributed by atoms with Crippen LogP contribution in [0.25, 0.3) is 0 Å². The average Bonchev–Trinajstić information content (AvgIpc) is 3.16. The van der Waals surface area contributed by atoms with Crippen LogP contribution in [0.3, 0.4) is 0 Å². The lowest BCUT2D eigenvalue weighted by Gasteiger charge is -2.20. The quantitative estimate of drug-likeness (QED) is 0.673. The smallest absolute Gasteiger partial charge is 0.226 e. The molecule has 0 bridgehead atoms. The Labute approximate surface area is 152 Å². The van der Waals surface area contributed by atoms with Crippen LogP contribution in [0.1, 0.15) is 24.9 Å². The number of halogens is 1. The summed E-state index contributed by atoms with van der Waals surface area (Å²) in [5.41, 5.74) is 1.37. The van der Waals surface area contributed by atoms with Crippen molar-refractivity contribution in [2.75, 3.05) is 11.9 Å². The summed E-state index contributed by atoms with van der Waals surface area (Å²) < 4.78 is 21.1. The number of anilines is 1. The fraction of sp³-hybridized carbons (Fsp3) is 0.190. The summed E-state index contributed by atoms with van der Waals surface area (Å²) in [6.07, 6.45) is 3.92. The Morgan fingerprint density at radius 1 is 1.12 bits per heavy atom. The van der Waals surface area contributed by atoms with Gasteiger partial charge in [-0.05, 0) is 48.9 Å². The molecule has 0 radical (unpaired) electrons. The Kier molecular flexibility index (Phi) is 5.69. The third-order valence-electron chi connectivity index (χ3n) is 4.06. The predicted molar refractivity (Wildman–Crippen MR) is 99.8 cm³/mol. The number of nitrogens with one attached hydrogen (secondary N) is 1. The third kappa shape index (κ3) is 4.30. The van der Waals surface area contributed by atoms with Crippen molar-refractivity contribution in [3.8, 4) is 5.75 Å². The van der Waals surface area contributed by atoms with Gasteiger partial charge in [-0.3, -0.25) is 4.79 Å². The highest BCUT2D eigenvalue weighted by molar-refractivity contribution is 5.92. The number of ether oxygens (including phenoxy) is 1. The zero-order chi connectivity index (χ0) is 18.4. The molecule has 1 amide bonds. The molecule has 1 aromatic heterocycles. The maximum Gasteiger partial charge on any atom is 0.226 e. The first kappa shape index (κ1) is 17.7. The molecule has 0 saturated carbocycles. The minimum Gasteiger partial charge on any atom is -0.492 e. The van der Waals surface area contributed by atoms with Crippen LogP contribution in [-0.4, -0.2) is 17.1 Å². The van der Waals surface area contributed by atoms with Gasteiger partial charge in [0.25, 0.3) is 0 Å². The monoisotopic (exact) mass is 352 g/mol. The van der Waals surface area contributed by atoms with Crippen molar-refractivity contribution in [3.05, 3.63) is 84.4 Å². The molecule has 0 unspecified atom stereocenters. The van der Waals surface area contributed by atoms with Gasteiger partial charge in [0.2, 0.25) is 5.91 Å². The highest BCUT2D eigenvalue weighted by Gasteiger charge is 2.19. The number of aromatic nitrogens is 1. The molecule has 0 aliphatic heterocycles. The zero-order valence-corrected chi connectivity index (χ0v) is 14.6. The molecule has 0 aliphatic rings. The van der Waals surface area contributed by atoms with Crippen molar-refractivity contribution < 1.29 is 13.9 Å². The number of rotatable bonds is 7. The minimum atomic E-state index is -0.318. The molecule has 0 saturated heterocycles. The third-order valence-corrected chi connectivity index (χ3v) is 4.06. The van der Waals surface area contributed by atoms with Crippen molar-refractivity contribution in [1.29, 1.82) is 0 Å². The Bertz CT molecular complexity index is 862. The topological polar surface area (TPSA) is 43.3 Å². The van der Waals surface area contributed by atoms with Crippen LogP contribution >= 0.6 is 0 Å². The largest absolute Gasteiger partial charge is 0.492 e. The van der Waals surface area contributed by atoms with E-state index in [2.05, 4.69) is 5.32 Å². The van der Waals surface area contributed by atoms with Gasteiger partial charge in [0.15, 0.2) is 0 Å². The first-order valence-electron chi connectivity index (χ1n) is 8.57. The van der Waals surface area contributed by atoms with Gasteiger partial charge in [-0.25, -0.2) is 4.39 Å². The van der Waals surface area contributed by atoms with Gasteiger partial charge in [-0.15, -0.1) is 0 Å². The van der Waals surface area contributed by atoms with Gasteiger partial charge in [-0.2, -0.15) is 0 Å². The lowest BCUT2D eigenvalue weighted by Crippen LogP contribution is -2.20. The summed E-state index contributed by atoms with van der Waals surface area (Å²) in [6.45, 7) is 2.41. The van der Waals surface area contributed by atoms with Gasteiger partial charge in [0.1, 0.15) is 11.6 Å². The van der Waals surface area contributed by atoms with Crippen molar-refractivity contribution in [2.45, 2.75) is 19.4 Å². The standard InChI is InChI=1S/C21H21FN2O2/c1-2-26-20-11-4-3-10-18(20)23-21(25)15-19(24-12-5-6-13-24)16-8-7-9-17(22)14-16/h3-14,19H,2,15H2,1H3,(H,23,25)/t19-/m0/s1. The first-order chi connectivity index (χ1) is 12.7. The number of hydrogen-bond acceptors (Lipinski definition) is 2. The second-order valence-corrected chi connectivity index (χ2v) is 5.88. The molecule has 0 fully saturated rings. The van der Waals surface area contributed by atoms with E-state index in [1.165, 1.54) is 12.1 Å². The molecule has 3 aromatic rings. The summed E-state index contributed by atoms with van der Waals surface area (Å²) in [5, 5.41) is 2.90. The number of para-hydroxylation sites is 2. The van der Waals surface area contributed by atoms with Gasteiger partial charge in [-0.1, -0.05) is 24.3 Å². The van der Waals surface area contributed by atoms with Crippen LogP contribution < -0.4 is 10.1 Å². The van der Waals surface area contributed by atoms with E-state index in [1.807, 2.05) is 60.3 Å². The van der Waals surface area contributed by atoms with E-state index in [4.69, 9.17) is 4.74 Å². The van der Waals surface area contributed by atoms with E-state index in [9.17, 15) is 9.18 Å². The second kappa shape index (κ2) is 8.34. The highest BCUT2D eigenvalue weighted by Crippen LogP contribution is 2.27. The Morgan fingerprint density at radius 2 is 1.88 bits per heavy atom. The van der Waals surface area contributed by atoms with Crippen molar-refractivity contribution in [3.63, 3.8) is 0 Å². The van der Waals surface area contributed by atoms with Gasteiger partial charge in [0.05, 0.1) is 24.8 Å². The van der Waals surface area contributed by atoms with Crippen LogP contribution in [0, 0.1) is 5.82 Å². The van der Waals surface area contributed by atoms with E-state index < -0.39 is 0 Å². The van der Waals surface area contributed by atoms with Crippen molar-refractivity contribution >= 4 is 11.6 Å². The SMILES string of the molecule is CCOc1ccccc1NC(=O)C[C@@H](c1cccc(F)c1)n1cccc1. The van der Waals surface area contributed by atoms with Crippen LogP contribution in [0.5, 0.6) is 5.75 Å². The van der Waals surface area contributed by atoms with E-state index in [0.717, 1.165) is 5.56 Å². The van der Waals surface area contributed by atoms with E-state index >= 15 is 0 Å². The lowest BCUT2D eigenvalue weighted by atomic mass is 10.0. The molecule has 2 aromatic carbocycles. The number of carbonyl (C=O) groups is 1. The van der Waals surface area contributed by atoms with Crippen LogP contribution in [-0.2, 0) is 4.79 Å². The van der Waals surface area contributed by atoms with Crippen LogP contribution in [0.4, 0.5) is 10.1 Å². The van der Waals surface area contributed by atoms with Crippen molar-refractivity contribution in [1.82, 2.24) is 4.57 Å². The number of carbonyl (C=O) groups excluding carboxylic acids is 1. The number of amides is 1. The first-order valence-corrected chi connectivity index (χ1v) is 8.57. The summed E-state index contributed by atoms with van der Waals surface area (Å²) >= 11 is 0. The Morgan fingerprint density at radius 3 is 2.62 bits per heavy atom. The fourth-order valence-corrected chi connectivity index (χ4v) is 2.89. The molecule has 5 heteroatoms. The second-order valence-electron chi connectivity index (χ2n) is 5.88. The summed E-state index contributed by atoms with van der Waals surface area (Å²) in [5.74, 6) is 0.147. The minimum absolute atomic E-state index is 0.167.